The standard InChI is InChI=1S/C14H13N3O2/c1-8(2)10-4-5-11-12(7-10)17(18)14(15-11)13-6-9(3)16-19-13/h4-7,18H,1H2,2-3H3. The predicted octanol–water partition coefficient (Wildman–Crippen LogP) is 3.27. The van der Waals surface area contributed by atoms with E-state index in [9.17, 15) is 5.21 Å². The lowest BCUT2D eigenvalue weighted by Crippen LogP contribution is -1.93. The van der Waals surface area contributed by atoms with E-state index >= 15 is 0 Å². The summed E-state index contributed by atoms with van der Waals surface area (Å²) in [7, 11) is 0. The second kappa shape index (κ2) is 3.98. The van der Waals surface area contributed by atoms with Crippen molar-refractivity contribution < 1.29 is 9.73 Å². The van der Waals surface area contributed by atoms with Crippen molar-refractivity contribution in [3.63, 3.8) is 0 Å². The highest BCUT2D eigenvalue weighted by molar-refractivity contribution is 5.83. The van der Waals surface area contributed by atoms with Crippen molar-refractivity contribution in [3.05, 3.63) is 42.1 Å². The van der Waals surface area contributed by atoms with Crippen LogP contribution in [0.25, 0.3) is 28.2 Å². The first-order valence-electron chi connectivity index (χ1n) is 5.87. The number of hydrogen-bond acceptors (Lipinski definition) is 4. The average molecular weight is 255 g/mol. The van der Waals surface area contributed by atoms with Crippen molar-refractivity contribution in [3.8, 4) is 11.6 Å². The molecule has 2 aromatic heterocycles. The normalized spacial score (nSPS) is 11.1. The van der Waals surface area contributed by atoms with Crippen LogP contribution in [-0.2, 0) is 0 Å². The highest BCUT2D eigenvalue weighted by Crippen LogP contribution is 2.26. The van der Waals surface area contributed by atoms with E-state index in [0.717, 1.165) is 21.6 Å². The van der Waals surface area contributed by atoms with Crippen molar-refractivity contribution in [2.45, 2.75) is 13.8 Å². The largest absolute Gasteiger partial charge is 0.426 e. The Labute approximate surface area is 109 Å². The summed E-state index contributed by atoms with van der Waals surface area (Å²) in [6.45, 7) is 7.62. The second-order valence-corrected chi connectivity index (χ2v) is 4.56. The quantitative estimate of drug-likeness (QED) is 0.714. The molecule has 5 nitrogen and oxygen atoms in total. The number of hydrogen-bond donors (Lipinski definition) is 1. The molecule has 0 unspecified atom stereocenters. The minimum absolute atomic E-state index is 0.342. The zero-order chi connectivity index (χ0) is 13.6. The van der Waals surface area contributed by atoms with Gasteiger partial charge in [-0.05, 0) is 31.5 Å². The Morgan fingerprint density at radius 3 is 2.79 bits per heavy atom. The summed E-state index contributed by atoms with van der Waals surface area (Å²) in [6.07, 6.45) is 0. The van der Waals surface area contributed by atoms with Crippen LogP contribution >= 0.6 is 0 Å². The fraction of sp³-hybridized carbons (Fsp3) is 0.143. The first kappa shape index (κ1) is 11.5. The number of fused-ring (bicyclic) bond motifs is 1. The molecule has 3 aromatic rings. The van der Waals surface area contributed by atoms with E-state index in [2.05, 4.69) is 16.7 Å². The smallest absolute Gasteiger partial charge is 0.215 e. The number of aryl methyl sites for hydroxylation is 1. The van der Waals surface area contributed by atoms with Gasteiger partial charge >= 0.3 is 0 Å². The van der Waals surface area contributed by atoms with Gasteiger partial charge in [0.25, 0.3) is 0 Å². The van der Waals surface area contributed by atoms with Crippen molar-refractivity contribution in [2.24, 2.45) is 0 Å². The maximum absolute atomic E-state index is 10.2. The molecule has 0 aliphatic heterocycles. The molecule has 0 aliphatic carbocycles. The molecule has 0 atom stereocenters. The van der Waals surface area contributed by atoms with E-state index < -0.39 is 0 Å². The topological polar surface area (TPSA) is 64.1 Å². The van der Waals surface area contributed by atoms with Gasteiger partial charge in [0.05, 0.1) is 11.2 Å². The molecule has 3 rings (SSSR count). The summed E-state index contributed by atoms with van der Waals surface area (Å²) in [5.74, 6) is 0.780. The van der Waals surface area contributed by atoms with Crippen molar-refractivity contribution in [1.29, 1.82) is 0 Å². The number of allylic oxidation sites excluding steroid dienone is 1. The van der Waals surface area contributed by atoms with E-state index in [0.29, 0.717) is 22.6 Å². The summed E-state index contributed by atoms with van der Waals surface area (Å²) in [5.41, 5.74) is 3.94. The van der Waals surface area contributed by atoms with Crippen LogP contribution in [0.4, 0.5) is 0 Å². The first-order chi connectivity index (χ1) is 9.06. The van der Waals surface area contributed by atoms with E-state index in [4.69, 9.17) is 4.52 Å². The number of imidazole rings is 1. The molecule has 0 saturated carbocycles. The molecular formula is C14H13N3O2. The van der Waals surface area contributed by atoms with Crippen molar-refractivity contribution in [2.75, 3.05) is 0 Å². The predicted molar refractivity (Wildman–Crippen MR) is 71.9 cm³/mol. The molecular weight excluding hydrogens is 242 g/mol. The van der Waals surface area contributed by atoms with E-state index in [-0.39, 0.29) is 0 Å². The maximum atomic E-state index is 10.2. The molecule has 0 aliphatic rings. The van der Waals surface area contributed by atoms with Gasteiger partial charge in [-0.2, -0.15) is 4.73 Å². The van der Waals surface area contributed by atoms with Gasteiger partial charge in [0.15, 0.2) is 0 Å². The van der Waals surface area contributed by atoms with Crippen LogP contribution in [0.3, 0.4) is 0 Å². The summed E-state index contributed by atoms with van der Waals surface area (Å²) < 4.78 is 6.14. The van der Waals surface area contributed by atoms with Gasteiger partial charge in [0, 0.05) is 6.07 Å². The SMILES string of the molecule is C=C(C)c1ccc2nc(-c3cc(C)no3)n(O)c2c1. The molecule has 0 bridgehead atoms. The van der Waals surface area contributed by atoms with Crippen LogP contribution in [0.2, 0.25) is 0 Å². The first-order valence-corrected chi connectivity index (χ1v) is 5.87. The van der Waals surface area contributed by atoms with Crippen LogP contribution in [0.15, 0.2) is 35.4 Å². The Kier molecular flexibility index (Phi) is 2.41. The fourth-order valence-electron chi connectivity index (χ4n) is 1.96. The Bertz CT molecular complexity index is 783. The lowest BCUT2D eigenvalue weighted by Gasteiger charge is -2.00. The summed E-state index contributed by atoms with van der Waals surface area (Å²) in [4.78, 5) is 4.35. The maximum Gasteiger partial charge on any atom is 0.215 e. The minimum Gasteiger partial charge on any atom is -0.426 e. The number of benzene rings is 1. The molecule has 0 radical (unpaired) electrons. The Morgan fingerprint density at radius 2 is 2.16 bits per heavy atom. The van der Waals surface area contributed by atoms with Crippen molar-refractivity contribution in [1.82, 2.24) is 14.9 Å². The molecule has 0 amide bonds. The van der Waals surface area contributed by atoms with Gasteiger partial charge in [0.2, 0.25) is 11.6 Å². The molecule has 96 valence electrons. The van der Waals surface area contributed by atoms with Gasteiger partial charge < -0.3 is 9.73 Å². The van der Waals surface area contributed by atoms with Gasteiger partial charge in [-0.15, -0.1) is 0 Å². The minimum atomic E-state index is 0.342. The van der Waals surface area contributed by atoms with Gasteiger partial charge in [-0.1, -0.05) is 23.4 Å². The van der Waals surface area contributed by atoms with E-state index in [1.807, 2.05) is 32.0 Å². The average Bonchev–Trinajstić information content (AvgIpc) is 2.93. The number of rotatable bonds is 2. The third-order valence-corrected chi connectivity index (χ3v) is 2.97. The molecule has 1 aromatic carbocycles. The highest BCUT2D eigenvalue weighted by atomic mass is 16.5. The fourth-order valence-corrected chi connectivity index (χ4v) is 1.96. The molecule has 1 N–H and O–H groups in total. The Morgan fingerprint density at radius 1 is 1.37 bits per heavy atom. The zero-order valence-electron chi connectivity index (χ0n) is 10.7. The molecule has 0 spiro atoms. The summed E-state index contributed by atoms with van der Waals surface area (Å²) >= 11 is 0. The highest BCUT2D eigenvalue weighted by Gasteiger charge is 2.16. The molecule has 0 fully saturated rings. The Balaban J connectivity index is 2.23. The van der Waals surface area contributed by atoms with Crippen LogP contribution < -0.4 is 0 Å². The van der Waals surface area contributed by atoms with Crippen molar-refractivity contribution >= 4 is 16.6 Å². The molecule has 19 heavy (non-hydrogen) atoms. The second-order valence-electron chi connectivity index (χ2n) is 4.56. The lowest BCUT2D eigenvalue weighted by atomic mass is 10.1. The van der Waals surface area contributed by atoms with Gasteiger partial charge in [-0.3, -0.25) is 0 Å². The van der Waals surface area contributed by atoms with Crippen LogP contribution in [0.5, 0.6) is 0 Å². The van der Waals surface area contributed by atoms with Crippen LogP contribution in [0, 0.1) is 6.92 Å². The monoisotopic (exact) mass is 255 g/mol. The van der Waals surface area contributed by atoms with Gasteiger partial charge in [-0.25, -0.2) is 4.98 Å². The molecule has 0 saturated heterocycles. The molecule has 2 heterocycles. The number of aromatic nitrogens is 3. The third-order valence-electron chi connectivity index (χ3n) is 2.97. The van der Waals surface area contributed by atoms with Crippen LogP contribution in [-0.4, -0.2) is 20.1 Å². The molecule has 5 heteroatoms. The van der Waals surface area contributed by atoms with Crippen LogP contribution in [0.1, 0.15) is 18.2 Å². The lowest BCUT2D eigenvalue weighted by molar-refractivity contribution is 0.200. The van der Waals surface area contributed by atoms with E-state index in [1.165, 1.54) is 0 Å². The summed E-state index contributed by atoms with van der Waals surface area (Å²) in [5, 5.41) is 14.0. The Hall–Kier alpha value is -2.56. The van der Waals surface area contributed by atoms with E-state index in [1.54, 1.807) is 6.07 Å². The zero-order valence-corrected chi connectivity index (χ0v) is 10.7. The summed E-state index contributed by atoms with van der Waals surface area (Å²) in [6, 6.07) is 7.34. The third kappa shape index (κ3) is 1.79. The van der Waals surface area contributed by atoms with Gasteiger partial charge in [0.1, 0.15) is 5.52 Å². The number of nitrogens with zero attached hydrogens (tertiary/aromatic N) is 3.